The molecule has 3 fully saturated rings. The highest BCUT2D eigenvalue weighted by Crippen LogP contribution is 2.54. The van der Waals surface area contributed by atoms with E-state index in [0.29, 0.717) is 26.0 Å². The summed E-state index contributed by atoms with van der Waals surface area (Å²) >= 11 is 1.90. The largest absolute Gasteiger partial charge is 0.453 e. The van der Waals surface area contributed by atoms with Crippen LogP contribution in [-0.4, -0.2) is 79.7 Å². The van der Waals surface area contributed by atoms with Gasteiger partial charge >= 0.3 is 6.09 Å². The van der Waals surface area contributed by atoms with Crippen LogP contribution in [0.2, 0.25) is 0 Å². The van der Waals surface area contributed by atoms with E-state index in [2.05, 4.69) is 71.7 Å². The van der Waals surface area contributed by atoms with Crippen LogP contribution in [-0.2, 0) is 27.1 Å². The smallest absolute Gasteiger partial charge is 0.407 e. The van der Waals surface area contributed by atoms with Gasteiger partial charge < -0.3 is 29.7 Å². The Bertz CT molecular complexity index is 2280. The van der Waals surface area contributed by atoms with Gasteiger partial charge in [0.2, 0.25) is 5.91 Å². The second-order valence-corrected chi connectivity index (χ2v) is 18.9. The summed E-state index contributed by atoms with van der Waals surface area (Å²) in [5.41, 5.74) is 7.13. The van der Waals surface area contributed by atoms with Crippen molar-refractivity contribution in [1.29, 1.82) is 0 Å². The fourth-order valence-corrected chi connectivity index (χ4v) is 11.8. The molecular formula is C44H53FN7O4PS. The number of likely N-dealkylation sites (tertiary alicyclic amines) is 1. The molecule has 58 heavy (non-hydrogen) atoms. The first-order chi connectivity index (χ1) is 28.0. The van der Waals surface area contributed by atoms with E-state index >= 15 is 4.39 Å². The maximum absolute atomic E-state index is 16.5. The molecule has 4 unspecified atom stereocenters. The van der Waals surface area contributed by atoms with Crippen LogP contribution in [0, 0.1) is 11.7 Å². The van der Waals surface area contributed by atoms with Crippen LogP contribution in [0.4, 0.5) is 9.18 Å². The highest BCUT2D eigenvalue weighted by atomic mass is 32.1. The van der Waals surface area contributed by atoms with Crippen molar-refractivity contribution in [2.75, 3.05) is 20.3 Å². The predicted octanol–water partition coefficient (Wildman–Crippen LogP) is 7.87. The number of methoxy groups -OCH3 is 1. The second kappa shape index (κ2) is 15.8. The normalized spacial score (nSPS) is 25.7. The first kappa shape index (κ1) is 39.3. The predicted molar refractivity (Wildman–Crippen MR) is 226 cm³/mol. The lowest BCUT2D eigenvalue weighted by Gasteiger charge is -2.42. The molecule has 4 aromatic rings. The molecule has 0 bridgehead atoms. The van der Waals surface area contributed by atoms with Gasteiger partial charge in [-0.05, 0) is 107 Å². The minimum Gasteiger partial charge on any atom is -0.453 e. The van der Waals surface area contributed by atoms with Crippen LogP contribution in [0.1, 0.15) is 116 Å². The number of imidazole rings is 2. The van der Waals surface area contributed by atoms with E-state index in [4.69, 9.17) is 14.5 Å². The average molecular weight is 826 g/mol. The van der Waals surface area contributed by atoms with Gasteiger partial charge in [0.1, 0.15) is 23.2 Å². The molecule has 5 aliphatic rings. The fraction of sp³-hybridized carbons (Fsp3) is 0.500. The first-order valence-corrected chi connectivity index (χ1v) is 22.1. The number of fused-ring (bicyclic) bond motifs is 5. The Labute approximate surface area is 345 Å². The molecule has 1 aromatic carbocycles. The topological polar surface area (TPSA) is 128 Å². The zero-order valence-electron chi connectivity index (χ0n) is 33.6. The van der Waals surface area contributed by atoms with Crippen molar-refractivity contribution in [2.24, 2.45) is 5.92 Å². The van der Waals surface area contributed by atoms with E-state index in [1.807, 2.05) is 36.3 Å². The lowest BCUT2D eigenvalue weighted by atomic mass is 9.82. The van der Waals surface area contributed by atoms with Crippen molar-refractivity contribution in [3.05, 3.63) is 92.6 Å². The molecule has 4 aliphatic heterocycles. The van der Waals surface area contributed by atoms with Crippen LogP contribution >= 0.6 is 20.6 Å². The molecule has 2 amide bonds. The highest BCUT2D eigenvalue weighted by molar-refractivity contribution is 7.26. The molecule has 3 aromatic heterocycles. The van der Waals surface area contributed by atoms with Gasteiger partial charge in [-0.1, -0.05) is 40.3 Å². The number of amides is 2. The number of halogens is 1. The van der Waals surface area contributed by atoms with E-state index in [-0.39, 0.29) is 41.8 Å². The first-order valence-electron chi connectivity index (χ1n) is 20.7. The maximum atomic E-state index is 16.5. The molecule has 9 rings (SSSR count). The maximum Gasteiger partial charge on any atom is 0.407 e. The van der Waals surface area contributed by atoms with Crippen molar-refractivity contribution in [2.45, 2.75) is 114 Å². The Kier molecular flexibility index (Phi) is 10.7. The minimum atomic E-state index is -0.721. The van der Waals surface area contributed by atoms with Gasteiger partial charge in [0.25, 0.3) is 0 Å². The Morgan fingerprint density at radius 1 is 1.10 bits per heavy atom. The van der Waals surface area contributed by atoms with Crippen molar-refractivity contribution < 1.29 is 23.5 Å². The van der Waals surface area contributed by atoms with Gasteiger partial charge in [0, 0.05) is 52.2 Å². The number of aryl methyl sites for hydroxylation is 1. The number of hydrogen-bond acceptors (Lipinski definition) is 8. The van der Waals surface area contributed by atoms with Crippen LogP contribution in [0.3, 0.4) is 0 Å². The molecule has 1 aliphatic carbocycles. The van der Waals surface area contributed by atoms with Gasteiger partial charge in [0.15, 0.2) is 0 Å². The Hall–Kier alpha value is -4.16. The van der Waals surface area contributed by atoms with Crippen molar-refractivity contribution in [3.63, 3.8) is 0 Å². The number of rotatable bonds is 9. The number of thiophene rings is 1. The number of benzene rings is 1. The summed E-state index contributed by atoms with van der Waals surface area (Å²) in [5.74, 6) is 0.387. The van der Waals surface area contributed by atoms with E-state index in [1.54, 1.807) is 12.3 Å². The molecule has 306 valence electrons. The summed E-state index contributed by atoms with van der Waals surface area (Å²) in [6.45, 7) is 7.38. The third-order valence-corrected chi connectivity index (χ3v) is 14.4. The number of aromatic nitrogens is 4. The summed E-state index contributed by atoms with van der Waals surface area (Å²) in [4.78, 5) is 50.1. The lowest BCUT2D eigenvalue weighted by molar-refractivity contribution is -0.139. The molecule has 14 heteroatoms. The van der Waals surface area contributed by atoms with Gasteiger partial charge in [0.05, 0.1) is 42.5 Å². The average Bonchev–Trinajstić information content (AvgIpc) is 4.06. The molecule has 3 saturated heterocycles. The second-order valence-electron chi connectivity index (χ2n) is 17.1. The molecule has 7 heterocycles. The molecule has 0 spiro atoms. The molecule has 0 radical (unpaired) electrons. The number of alkyl carbamates (subject to hydrolysis) is 1. The zero-order valence-corrected chi connectivity index (χ0v) is 35.6. The van der Waals surface area contributed by atoms with Crippen LogP contribution in [0.15, 0.2) is 54.4 Å². The Morgan fingerprint density at radius 2 is 1.95 bits per heavy atom. The number of carbonyl (C=O) groups excluding carboxylic acids is 2. The minimum absolute atomic E-state index is 0.0779. The molecule has 11 nitrogen and oxygen atoms in total. The molecule has 0 saturated carbocycles. The summed E-state index contributed by atoms with van der Waals surface area (Å²) < 4.78 is 27.4. The summed E-state index contributed by atoms with van der Waals surface area (Å²) in [5, 5.41) is 2.88. The number of allylic oxidation sites excluding steroid dienone is 2. The molecule has 3 N–H and O–H groups in total. The third-order valence-electron chi connectivity index (χ3n) is 12.9. The monoisotopic (exact) mass is 825 g/mol. The van der Waals surface area contributed by atoms with Gasteiger partial charge in [-0.25, -0.2) is 19.2 Å². The Morgan fingerprint density at radius 3 is 2.72 bits per heavy atom. The SMILES string of the molecule is CCCc1ccc([C@@H]2Cc3cc(-c4cnc(P)[nH]4)cc(F)c3[C@@H]3CC4=CC(c5cnc(C6CCCN6C(=O)C(NC(=O)OC)C6CCOC(C)(C)C6)[nH]5)=CC[C@@H]4N23)s1. The van der Waals surface area contributed by atoms with Crippen molar-refractivity contribution in [3.8, 4) is 11.3 Å². The number of ether oxygens (including phenoxy) is 2. The van der Waals surface area contributed by atoms with E-state index in [0.717, 1.165) is 90.0 Å². The summed E-state index contributed by atoms with van der Waals surface area (Å²) in [6, 6.07) is 7.68. The fourth-order valence-electron chi connectivity index (χ4n) is 10.3. The number of carbonyl (C=O) groups is 2. The van der Waals surface area contributed by atoms with Gasteiger partial charge in [-0.15, -0.1) is 11.3 Å². The van der Waals surface area contributed by atoms with Gasteiger partial charge in [-0.2, -0.15) is 0 Å². The van der Waals surface area contributed by atoms with E-state index in [1.165, 1.54) is 22.4 Å². The van der Waals surface area contributed by atoms with Crippen molar-refractivity contribution >= 4 is 43.7 Å². The van der Waals surface area contributed by atoms with E-state index < -0.39 is 17.7 Å². The molecular weight excluding hydrogens is 773 g/mol. The Balaban J connectivity index is 0.986. The number of aromatic amines is 2. The van der Waals surface area contributed by atoms with Crippen LogP contribution < -0.4 is 10.9 Å². The highest BCUT2D eigenvalue weighted by Gasteiger charge is 2.48. The number of hydrogen-bond donors (Lipinski definition) is 3. The van der Waals surface area contributed by atoms with Crippen molar-refractivity contribution in [1.82, 2.24) is 35.1 Å². The van der Waals surface area contributed by atoms with Crippen LogP contribution in [0.25, 0.3) is 16.8 Å². The third kappa shape index (κ3) is 7.37. The van der Waals surface area contributed by atoms with Gasteiger partial charge in [-0.3, -0.25) is 9.69 Å². The number of nitrogens with one attached hydrogen (secondary N) is 3. The molecule has 7 atom stereocenters. The summed E-state index contributed by atoms with van der Waals surface area (Å²) in [7, 11) is 3.90. The zero-order chi connectivity index (χ0) is 40.3. The van der Waals surface area contributed by atoms with Crippen LogP contribution in [0.5, 0.6) is 0 Å². The number of nitrogens with zero attached hydrogens (tertiary/aromatic N) is 4. The standard InChI is InChI=1S/C44H53FN7O4PS/c1-5-7-29-10-12-37(58-29)35-20-28-17-26(32-23-47-42(57)49-32)18-30(45)38(28)36-19-27-16-24(9-11-33(27)52(35)36)31-22-46-40(48-31)34-8-6-14-51(34)41(53)39(50-43(54)55-4)25-13-15-56-44(2,3)21-25/h9-10,12,16-18,22-23,25,33-36,39H,5-8,11,13-15,19-21,57H2,1-4H3,(H,46,48)(H,47,49)(H,50,54)/t25?,33-,34?,35-,36-,39?/m0/s1. The lowest BCUT2D eigenvalue weighted by Crippen LogP contribution is -2.54. The van der Waals surface area contributed by atoms with E-state index in [9.17, 15) is 9.59 Å². The number of H-pyrrole nitrogens is 2. The quantitative estimate of drug-likeness (QED) is 0.147. The summed E-state index contributed by atoms with van der Waals surface area (Å²) in [6.07, 6.45) is 15.0.